The van der Waals surface area contributed by atoms with Gasteiger partial charge in [0.25, 0.3) is 0 Å². The van der Waals surface area contributed by atoms with Crippen LogP contribution in [0.2, 0.25) is 0 Å². The Hall–Kier alpha value is 0.0700. The van der Waals surface area contributed by atoms with Gasteiger partial charge in [0.05, 0.1) is 5.69 Å². The standard InChI is InChI=1S/C13H18Br2N2/c14-11-6-12(15)13(17-8-11)9-16-7-10-4-2-1-3-5-10/h6,8,10,16H,1-5,7,9H2. The van der Waals surface area contributed by atoms with Crippen LogP contribution in [-0.2, 0) is 6.54 Å². The van der Waals surface area contributed by atoms with Crippen molar-refractivity contribution in [1.82, 2.24) is 10.3 Å². The molecule has 1 aromatic heterocycles. The van der Waals surface area contributed by atoms with Crippen LogP contribution in [0.25, 0.3) is 0 Å². The molecular formula is C13H18Br2N2. The fourth-order valence-corrected chi connectivity index (χ4v) is 3.49. The van der Waals surface area contributed by atoms with Crippen molar-refractivity contribution in [2.45, 2.75) is 38.6 Å². The van der Waals surface area contributed by atoms with E-state index in [0.29, 0.717) is 0 Å². The van der Waals surface area contributed by atoms with Gasteiger partial charge in [0.1, 0.15) is 0 Å². The number of hydrogen-bond donors (Lipinski definition) is 1. The molecule has 0 atom stereocenters. The first-order valence-electron chi connectivity index (χ1n) is 6.26. The predicted octanol–water partition coefficient (Wildman–Crippen LogP) is 4.28. The molecule has 94 valence electrons. The third kappa shape index (κ3) is 4.34. The summed E-state index contributed by atoms with van der Waals surface area (Å²) < 4.78 is 2.09. The summed E-state index contributed by atoms with van der Waals surface area (Å²) in [6, 6.07) is 2.05. The summed E-state index contributed by atoms with van der Waals surface area (Å²) in [7, 11) is 0. The second kappa shape index (κ2) is 6.86. The summed E-state index contributed by atoms with van der Waals surface area (Å²) in [5.41, 5.74) is 1.09. The van der Waals surface area contributed by atoms with Gasteiger partial charge in [-0.3, -0.25) is 4.98 Å². The molecule has 1 fully saturated rings. The maximum atomic E-state index is 4.40. The van der Waals surface area contributed by atoms with Crippen molar-refractivity contribution >= 4 is 31.9 Å². The molecule has 2 rings (SSSR count). The van der Waals surface area contributed by atoms with E-state index in [2.05, 4.69) is 42.2 Å². The number of pyridine rings is 1. The number of hydrogen-bond acceptors (Lipinski definition) is 2. The number of aromatic nitrogens is 1. The van der Waals surface area contributed by atoms with E-state index in [-0.39, 0.29) is 0 Å². The summed E-state index contributed by atoms with van der Waals surface area (Å²) in [6.45, 7) is 1.98. The lowest BCUT2D eigenvalue weighted by Crippen LogP contribution is -2.24. The van der Waals surface area contributed by atoms with E-state index < -0.39 is 0 Å². The highest BCUT2D eigenvalue weighted by molar-refractivity contribution is 9.11. The van der Waals surface area contributed by atoms with E-state index in [9.17, 15) is 0 Å². The Morgan fingerprint density at radius 2 is 2.00 bits per heavy atom. The first kappa shape index (κ1) is 13.5. The van der Waals surface area contributed by atoms with Gasteiger partial charge in [-0.05, 0) is 63.2 Å². The fraction of sp³-hybridized carbons (Fsp3) is 0.615. The smallest absolute Gasteiger partial charge is 0.0684 e. The topological polar surface area (TPSA) is 24.9 Å². The van der Waals surface area contributed by atoms with E-state index in [0.717, 1.165) is 33.6 Å². The van der Waals surface area contributed by atoms with Crippen molar-refractivity contribution in [3.8, 4) is 0 Å². The average molecular weight is 362 g/mol. The van der Waals surface area contributed by atoms with Gasteiger partial charge in [0.2, 0.25) is 0 Å². The van der Waals surface area contributed by atoms with Crippen molar-refractivity contribution in [2.75, 3.05) is 6.54 Å². The van der Waals surface area contributed by atoms with E-state index in [1.54, 1.807) is 0 Å². The van der Waals surface area contributed by atoms with Crippen LogP contribution in [0.4, 0.5) is 0 Å². The highest BCUT2D eigenvalue weighted by atomic mass is 79.9. The van der Waals surface area contributed by atoms with E-state index in [1.807, 2.05) is 12.3 Å². The molecule has 1 aromatic rings. The SMILES string of the molecule is Brc1cnc(CNCC2CCCCC2)c(Br)c1. The zero-order valence-electron chi connectivity index (χ0n) is 9.88. The van der Waals surface area contributed by atoms with Crippen LogP contribution < -0.4 is 5.32 Å². The minimum Gasteiger partial charge on any atom is -0.311 e. The van der Waals surface area contributed by atoms with Gasteiger partial charge in [0, 0.05) is 21.7 Å². The zero-order valence-corrected chi connectivity index (χ0v) is 13.1. The van der Waals surface area contributed by atoms with E-state index in [1.165, 1.54) is 32.1 Å². The molecule has 0 spiro atoms. The van der Waals surface area contributed by atoms with Crippen molar-refractivity contribution in [3.05, 3.63) is 26.9 Å². The maximum Gasteiger partial charge on any atom is 0.0684 e. The van der Waals surface area contributed by atoms with Gasteiger partial charge < -0.3 is 5.32 Å². The quantitative estimate of drug-likeness (QED) is 0.865. The van der Waals surface area contributed by atoms with Crippen LogP contribution in [0.15, 0.2) is 21.2 Å². The molecule has 0 aromatic carbocycles. The fourth-order valence-electron chi connectivity index (χ4n) is 2.36. The molecule has 1 N–H and O–H groups in total. The third-order valence-electron chi connectivity index (χ3n) is 3.33. The molecule has 1 aliphatic rings. The van der Waals surface area contributed by atoms with Crippen LogP contribution in [0.1, 0.15) is 37.8 Å². The maximum absolute atomic E-state index is 4.40. The molecule has 0 amide bonds. The number of nitrogens with one attached hydrogen (secondary N) is 1. The predicted molar refractivity (Wildman–Crippen MR) is 77.9 cm³/mol. The summed E-state index contributed by atoms with van der Waals surface area (Å²) in [5.74, 6) is 0.873. The van der Waals surface area contributed by atoms with E-state index in [4.69, 9.17) is 0 Å². The summed E-state index contributed by atoms with van der Waals surface area (Å²) in [6.07, 6.45) is 8.88. The highest BCUT2D eigenvalue weighted by Gasteiger charge is 2.12. The molecule has 0 unspecified atom stereocenters. The molecule has 1 saturated carbocycles. The monoisotopic (exact) mass is 360 g/mol. The summed E-state index contributed by atoms with van der Waals surface area (Å²) in [5, 5.41) is 3.52. The lowest BCUT2D eigenvalue weighted by molar-refractivity contribution is 0.341. The molecule has 0 saturated heterocycles. The van der Waals surface area contributed by atoms with Gasteiger partial charge in [0.15, 0.2) is 0 Å². The molecule has 4 heteroatoms. The molecule has 1 aliphatic carbocycles. The second-order valence-corrected chi connectivity index (χ2v) is 6.49. The minimum absolute atomic E-state index is 0.852. The Morgan fingerprint density at radius 3 is 2.71 bits per heavy atom. The van der Waals surface area contributed by atoms with Crippen LogP contribution >= 0.6 is 31.9 Å². The summed E-state index contributed by atoms with van der Waals surface area (Å²) >= 11 is 6.95. The van der Waals surface area contributed by atoms with Crippen molar-refractivity contribution < 1.29 is 0 Å². The minimum atomic E-state index is 0.852. The molecule has 0 bridgehead atoms. The summed E-state index contributed by atoms with van der Waals surface area (Å²) in [4.78, 5) is 4.40. The lowest BCUT2D eigenvalue weighted by atomic mass is 9.89. The number of rotatable bonds is 4. The Labute approximate surface area is 120 Å². The Bertz CT molecular complexity index is 362. The van der Waals surface area contributed by atoms with Gasteiger partial charge >= 0.3 is 0 Å². The Kier molecular flexibility index (Phi) is 5.45. The molecular weight excluding hydrogens is 344 g/mol. The van der Waals surface area contributed by atoms with Crippen LogP contribution in [0.5, 0.6) is 0 Å². The molecule has 0 radical (unpaired) electrons. The van der Waals surface area contributed by atoms with E-state index >= 15 is 0 Å². The molecule has 1 heterocycles. The van der Waals surface area contributed by atoms with Gasteiger partial charge in [-0.2, -0.15) is 0 Å². The van der Waals surface area contributed by atoms with Gasteiger partial charge in [-0.15, -0.1) is 0 Å². The lowest BCUT2D eigenvalue weighted by Gasteiger charge is -2.21. The molecule has 2 nitrogen and oxygen atoms in total. The first-order valence-corrected chi connectivity index (χ1v) is 7.85. The van der Waals surface area contributed by atoms with Crippen LogP contribution in [0, 0.1) is 5.92 Å². The van der Waals surface area contributed by atoms with Crippen molar-refractivity contribution in [1.29, 1.82) is 0 Å². The Balaban J connectivity index is 1.77. The van der Waals surface area contributed by atoms with Crippen molar-refractivity contribution in [3.63, 3.8) is 0 Å². The number of halogens is 2. The largest absolute Gasteiger partial charge is 0.311 e. The molecule has 0 aliphatic heterocycles. The zero-order chi connectivity index (χ0) is 12.1. The van der Waals surface area contributed by atoms with Crippen molar-refractivity contribution in [2.24, 2.45) is 5.92 Å². The Morgan fingerprint density at radius 1 is 1.24 bits per heavy atom. The highest BCUT2D eigenvalue weighted by Crippen LogP contribution is 2.23. The number of nitrogens with zero attached hydrogens (tertiary/aromatic N) is 1. The van der Waals surface area contributed by atoms with Crippen LogP contribution in [0.3, 0.4) is 0 Å². The third-order valence-corrected chi connectivity index (χ3v) is 4.45. The van der Waals surface area contributed by atoms with Gasteiger partial charge in [-0.25, -0.2) is 0 Å². The first-order chi connectivity index (χ1) is 8.25. The average Bonchev–Trinajstić information content (AvgIpc) is 2.33. The molecule has 17 heavy (non-hydrogen) atoms. The van der Waals surface area contributed by atoms with Gasteiger partial charge in [-0.1, -0.05) is 19.3 Å². The van der Waals surface area contributed by atoms with Crippen LogP contribution in [-0.4, -0.2) is 11.5 Å². The normalized spacial score (nSPS) is 17.3. The second-order valence-electron chi connectivity index (χ2n) is 4.72.